The van der Waals surface area contributed by atoms with Crippen LogP contribution in [0.25, 0.3) is 0 Å². The van der Waals surface area contributed by atoms with E-state index in [-0.39, 0.29) is 5.56 Å². The molecule has 0 aliphatic heterocycles. The minimum atomic E-state index is -0.858. The van der Waals surface area contributed by atoms with Crippen molar-refractivity contribution in [3.05, 3.63) is 35.1 Å². The van der Waals surface area contributed by atoms with Crippen molar-refractivity contribution in [2.45, 2.75) is 97.0 Å². The first-order valence-electron chi connectivity index (χ1n) is 11.3. The molecule has 5 heteroatoms. The molecular formula is C24H39F3O2. The molecule has 1 aromatic rings. The van der Waals surface area contributed by atoms with Gasteiger partial charge in [-0.15, -0.1) is 0 Å². The third-order valence-corrected chi connectivity index (χ3v) is 4.96. The van der Waals surface area contributed by atoms with Gasteiger partial charge in [0, 0.05) is 37.5 Å². The van der Waals surface area contributed by atoms with Crippen molar-refractivity contribution >= 4 is 0 Å². The summed E-state index contributed by atoms with van der Waals surface area (Å²) in [7, 11) is 0. The number of unbranched alkanes of at least 4 members (excludes halogenated alkanes) is 9. The molecule has 168 valence electrons. The van der Waals surface area contributed by atoms with Crippen molar-refractivity contribution in [3.63, 3.8) is 0 Å². The Bertz CT molecular complexity index is 512. The normalized spacial score (nSPS) is 11.5. The SMILES string of the molecule is CC(C)OCCCOCCCCCCCCCCCCc1c(F)cc(F)cc1F. The maximum absolute atomic E-state index is 13.5. The lowest BCUT2D eigenvalue weighted by Gasteiger charge is -2.08. The zero-order valence-corrected chi connectivity index (χ0v) is 18.3. The molecule has 0 amide bonds. The molecule has 29 heavy (non-hydrogen) atoms. The van der Waals surface area contributed by atoms with Crippen LogP contribution in [0.5, 0.6) is 0 Å². The smallest absolute Gasteiger partial charge is 0.132 e. The number of hydrogen-bond acceptors (Lipinski definition) is 2. The highest BCUT2D eigenvalue weighted by Crippen LogP contribution is 2.18. The van der Waals surface area contributed by atoms with Crippen LogP contribution < -0.4 is 0 Å². The van der Waals surface area contributed by atoms with Crippen molar-refractivity contribution in [2.24, 2.45) is 0 Å². The van der Waals surface area contributed by atoms with Gasteiger partial charge in [-0.3, -0.25) is 0 Å². The van der Waals surface area contributed by atoms with Gasteiger partial charge < -0.3 is 9.47 Å². The lowest BCUT2D eigenvalue weighted by molar-refractivity contribution is 0.0507. The highest BCUT2D eigenvalue weighted by molar-refractivity contribution is 5.20. The highest BCUT2D eigenvalue weighted by Gasteiger charge is 2.10. The second kappa shape index (κ2) is 16.7. The van der Waals surface area contributed by atoms with Gasteiger partial charge in [0.15, 0.2) is 0 Å². The monoisotopic (exact) mass is 416 g/mol. The van der Waals surface area contributed by atoms with E-state index in [4.69, 9.17) is 9.47 Å². The predicted molar refractivity (Wildman–Crippen MR) is 113 cm³/mol. The lowest BCUT2D eigenvalue weighted by atomic mass is 10.0. The van der Waals surface area contributed by atoms with E-state index in [2.05, 4.69) is 0 Å². The van der Waals surface area contributed by atoms with Crippen LogP contribution in [0.3, 0.4) is 0 Å². The molecule has 0 aliphatic carbocycles. The molecule has 0 bridgehead atoms. The zero-order valence-electron chi connectivity index (χ0n) is 18.3. The summed E-state index contributed by atoms with van der Waals surface area (Å²) < 4.78 is 51.0. The molecule has 0 aromatic heterocycles. The maximum atomic E-state index is 13.5. The van der Waals surface area contributed by atoms with Gasteiger partial charge in [-0.1, -0.05) is 51.4 Å². The summed E-state index contributed by atoms with van der Waals surface area (Å²) in [6, 6.07) is 1.51. The van der Waals surface area contributed by atoms with Crippen LogP contribution in [0, 0.1) is 17.5 Å². The summed E-state index contributed by atoms with van der Waals surface area (Å²) in [5.41, 5.74) is 0.0132. The summed E-state index contributed by atoms with van der Waals surface area (Å²) in [4.78, 5) is 0. The van der Waals surface area contributed by atoms with Crippen LogP contribution in [-0.2, 0) is 15.9 Å². The number of halogens is 3. The summed E-state index contributed by atoms with van der Waals surface area (Å²) in [6.07, 6.45) is 12.9. The van der Waals surface area contributed by atoms with E-state index < -0.39 is 17.5 Å². The number of rotatable bonds is 18. The Labute approximate surface area is 175 Å². The van der Waals surface area contributed by atoms with Crippen LogP contribution >= 0.6 is 0 Å². The third-order valence-electron chi connectivity index (χ3n) is 4.96. The van der Waals surface area contributed by atoms with Crippen LogP contribution in [0.15, 0.2) is 12.1 Å². The fraction of sp³-hybridized carbons (Fsp3) is 0.750. The zero-order chi connectivity index (χ0) is 21.3. The van der Waals surface area contributed by atoms with Gasteiger partial charge in [0.05, 0.1) is 6.10 Å². The van der Waals surface area contributed by atoms with Gasteiger partial charge in [-0.25, -0.2) is 13.2 Å². The molecule has 0 fully saturated rings. The molecule has 2 nitrogen and oxygen atoms in total. The number of benzene rings is 1. The number of ether oxygens (including phenoxy) is 2. The second-order valence-corrected chi connectivity index (χ2v) is 8.02. The molecule has 0 saturated carbocycles. The summed E-state index contributed by atoms with van der Waals surface area (Å²) in [5, 5.41) is 0. The second-order valence-electron chi connectivity index (χ2n) is 8.02. The predicted octanol–water partition coefficient (Wildman–Crippen LogP) is 7.38. The minimum absolute atomic E-state index is 0.0132. The molecule has 0 heterocycles. The van der Waals surface area contributed by atoms with E-state index >= 15 is 0 Å². The Morgan fingerprint density at radius 3 is 1.69 bits per heavy atom. The minimum Gasteiger partial charge on any atom is -0.381 e. The van der Waals surface area contributed by atoms with E-state index in [1.165, 1.54) is 32.1 Å². The van der Waals surface area contributed by atoms with Crippen LogP contribution in [0.1, 0.15) is 90.0 Å². The molecular weight excluding hydrogens is 377 g/mol. The van der Waals surface area contributed by atoms with E-state index in [0.29, 0.717) is 12.5 Å². The van der Waals surface area contributed by atoms with E-state index in [1.54, 1.807) is 0 Å². The topological polar surface area (TPSA) is 18.5 Å². The Morgan fingerprint density at radius 1 is 0.655 bits per heavy atom. The van der Waals surface area contributed by atoms with Gasteiger partial charge in [-0.05, 0) is 39.5 Å². The number of hydrogen-bond donors (Lipinski definition) is 0. The van der Waals surface area contributed by atoms with Crippen molar-refractivity contribution < 1.29 is 22.6 Å². The third kappa shape index (κ3) is 13.7. The first-order chi connectivity index (χ1) is 14.0. The first-order valence-corrected chi connectivity index (χ1v) is 11.3. The van der Waals surface area contributed by atoms with E-state index in [1.807, 2.05) is 13.8 Å². The summed E-state index contributed by atoms with van der Waals surface area (Å²) >= 11 is 0. The average Bonchev–Trinajstić information content (AvgIpc) is 2.65. The fourth-order valence-electron chi connectivity index (χ4n) is 3.31. The molecule has 0 atom stereocenters. The van der Waals surface area contributed by atoms with Crippen molar-refractivity contribution in [3.8, 4) is 0 Å². The Morgan fingerprint density at radius 2 is 1.14 bits per heavy atom. The fourth-order valence-corrected chi connectivity index (χ4v) is 3.31. The molecule has 0 N–H and O–H groups in total. The van der Waals surface area contributed by atoms with Gasteiger partial charge in [0.2, 0.25) is 0 Å². The quantitative estimate of drug-likeness (QED) is 0.232. The van der Waals surface area contributed by atoms with E-state index in [0.717, 1.165) is 70.5 Å². The Balaban J connectivity index is 1.83. The van der Waals surface area contributed by atoms with Gasteiger partial charge >= 0.3 is 0 Å². The van der Waals surface area contributed by atoms with Crippen LogP contribution in [-0.4, -0.2) is 25.9 Å². The van der Waals surface area contributed by atoms with E-state index in [9.17, 15) is 13.2 Å². The van der Waals surface area contributed by atoms with Gasteiger partial charge in [0.1, 0.15) is 17.5 Å². The van der Waals surface area contributed by atoms with Gasteiger partial charge in [-0.2, -0.15) is 0 Å². The standard InChI is InChI=1S/C24H39F3O2/c1-20(2)29-17-13-16-28-15-12-10-8-6-4-3-5-7-9-11-14-22-23(26)18-21(25)19-24(22)27/h18-20H,3-17H2,1-2H3. The average molecular weight is 417 g/mol. The van der Waals surface area contributed by atoms with Crippen LogP contribution in [0.2, 0.25) is 0 Å². The Hall–Kier alpha value is -1.07. The highest BCUT2D eigenvalue weighted by atomic mass is 19.1. The van der Waals surface area contributed by atoms with Crippen molar-refractivity contribution in [2.75, 3.05) is 19.8 Å². The van der Waals surface area contributed by atoms with Crippen molar-refractivity contribution in [1.29, 1.82) is 0 Å². The van der Waals surface area contributed by atoms with Gasteiger partial charge in [0.25, 0.3) is 0 Å². The van der Waals surface area contributed by atoms with Crippen molar-refractivity contribution in [1.82, 2.24) is 0 Å². The molecule has 0 unspecified atom stereocenters. The molecule has 0 aliphatic rings. The molecule has 0 radical (unpaired) electrons. The maximum Gasteiger partial charge on any atom is 0.132 e. The Kier molecular flexibility index (Phi) is 15.0. The molecule has 1 aromatic carbocycles. The lowest BCUT2D eigenvalue weighted by Crippen LogP contribution is -2.07. The first kappa shape index (κ1) is 26.0. The molecule has 0 saturated heterocycles. The summed E-state index contributed by atoms with van der Waals surface area (Å²) in [6.45, 7) is 6.49. The van der Waals surface area contributed by atoms with Crippen LogP contribution in [0.4, 0.5) is 13.2 Å². The largest absolute Gasteiger partial charge is 0.381 e. The molecule has 0 spiro atoms. The molecule has 1 rings (SSSR count). The summed E-state index contributed by atoms with van der Waals surface area (Å²) in [5.74, 6) is -2.40.